The zero-order chi connectivity index (χ0) is 13.1. The number of rotatable bonds is 4. The van der Waals surface area contributed by atoms with E-state index in [1.807, 2.05) is 25.1 Å². The minimum absolute atomic E-state index is 0.642. The van der Waals surface area contributed by atoms with Crippen LogP contribution in [0, 0.1) is 6.92 Å². The number of aromatic nitrogens is 4. The van der Waals surface area contributed by atoms with Crippen molar-refractivity contribution < 1.29 is 4.42 Å². The highest BCUT2D eigenvalue weighted by Crippen LogP contribution is 2.13. The zero-order valence-corrected chi connectivity index (χ0v) is 10.4. The van der Waals surface area contributed by atoms with E-state index in [9.17, 15) is 0 Å². The van der Waals surface area contributed by atoms with E-state index in [-0.39, 0.29) is 0 Å². The largest absolute Gasteiger partial charge is 0.467 e. The molecule has 0 spiro atoms. The third kappa shape index (κ3) is 2.47. The Balaban J connectivity index is 1.68. The van der Waals surface area contributed by atoms with Crippen molar-refractivity contribution in [1.82, 2.24) is 19.7 Å². The summed E-state index contributed by atoms with van der Waals surface area (Å²) in [4.78, 5) is 8.20. The SMILES string of the molecule is Cc1ccoc1CNc1ccc(-n2cncn2)nc1. The lowest BCUT2D eigenvalue weighted by Gasteiger charge is -2.05. The number of nitrogens with one attached hydrogen (secondary N) is 1. The first-order valence-electron chi connectivity index (χ1n) is 5.91. The molecule has 0 aliphatic heterocycles. The second-order valence-electron chi connectivity index (χ2n) is 4.13. The maximum absolute atomic E-state index is 5.36. The summed E-state index contributed by atoms with van der Waals surface area (Å²) < 4.78 is 6.97. The Bertz CT molecular complexity index is 642. The van der Waals surface area contributed by atoms with Crippen LogP contribution < -0.4 is 5.32 Å². The number of furan rings is 1. The smallest absolute Gasteiger partial charge is 0.155 e. The fraction of sp³-hybridized carbons (Fsp3) is 0.154. The summed E-state index contributed by atoms with van der Waals surface area (Å²) >= 11 is 0. The second-order valence-corrected chi connectivity index (χ2v) is 4.13. The number of hydrogen-bond acceptors (Lipinski definition) is 5. The van der Waals surface area contributed by atoms with E-state index in [0.29, 0.717) is 6.54 Å². The van der Waals surface area contributed by atoms with E-state index in [1.165, 1.54) is 6.33 Å². The Morgan fingerprint density at radius 3 is 2.89 bits per heavy atom. The molecule has 0 unspecified atom stereocenters. The Morgan fingerprint density at radius 2 is 2.26 bits per heavy atom. The molecule has 3 aromatic rings. The molecule has 3 rings (SSSR count). The monoisotopic (exact) mass is 255 g/mol. The van der Waals surface area contributed by atoms with Gasteiger partial charge >= 0.3 is 0 Å². The zero-order valence-electron chi connectivity index (χ0n) is 10.4. The Morgan fingerprint density at radius 1 is 1.32 bits per heavy atom. The topological polar surface area (TPSA) is 68.8 Å². The van der Waals surface area contributed by atoms with Gasteiger partial charge in [-0.15, -0.1) is 0 Å². The molecule has 96 valence electrons. The van der Waals surface area contributed by atoms with Gasteiger partial charge in [-0.05, 0) is 30.7 Å². The van der Waals surface area contributed by atoms with Crippen LogP contribution in [0.3, 0.4) is 0 Å². The van der Waals surface area contributed by atoms with Crippen molar-refractivity contribution in [2.75, 3.05) is 5.32 Å². The molecule has 0 fully saturated rings. The molecule has 0 aliphatic rings. The minimum atomic E-state index is 0.642. The van der Waals surface area contributed by atoms with Crippen molar-refractivity contribution in [1.29, 1.82) is 0 Å². The fourth-order valence-electron chi connectivity index (χ4n) is 1.72. The van der Waals surface area contributed by atoms with Crippen LogP contribution in [0.5, 0.6) is 0 Å². The summed E-state index contributed by atoms with van der Waals surface area (Å²) in [6.07, 6.45) is 6.54. The van der Waals surface area contributed by atoms with Gasteiger partial charge < -0.3 is 9.73 Å². The van der Waals surface area contributed by atoms with Crippen LogP contribution in [-0.4, -0.2) is 19.7 Å². The van der Waals surface area contributed by atoms with Crippen LogP contribution in [0.1, 0.15) is 11.3 Å². The highest BCUT2D eigenvalue weighted by Gasteiger charge is 2.02. The van der Waals surface area contributed by atoms with Crippen molar-refractivity contribution in [3.8, 4) is 5.82 Å². The number of anilines is 1. The molecule has 0 amide bonds. The van der Waals surface area contributed by atoms with E-state index in [4.69, 9.17) is 4.42 Å². The van der Waals surface area contributed by atoms with Crippen LogP contribution in [0.4, 0.5) is 5.69 Å². The maximum Gasteiger partial charge on any atom is 0.155 e. The first kappa shape index (κ1) is 11.5. The summed E-state index contributed by atoms with van der Waals surface area (Å²) in [5.41, 5.74) is 2.07. The Hall–Kier alpha value is -2.63. The predicted molar refractivity (Wildman–Crippen MR) is 69.9 cm³/mol. The third-order valence-corrected chi connectivity index (χ3v) is 2.82. The quantitative estimate of drug-likeness (QED) is 0.773. The van der Waals surface area contributed by atoms with E-state index in [2.05, 4.69) is 20.4 Å². The van der Waals surface area contributed by atoms with Gasteiger partial charge in [-0.25, -0.2) is 14.6 Å². The summed E-state index contributed by atoms with van der Waals surface area (Å²) in [5.74, 6) is 1.66. The average molecular weight is 255 g/mol. The van der Waals surface area contributed by atoms with E-state index in [0.717, 1.165) is 22.8 Å². The minimum Gasteiger partial charge on any atom is -0.467 e. The van der Waals surface area contributed by atoms with Crippen molar-refractivity contribution in [3.63, 3.8) is 0 Å². The molecule has 0 atom stereocenters. The van der Waals surface area contributed by atoms with Gasteiger partial charge in [0.05, 0.1) is 24.7 Å². The van der Waals surface area contributed by atoms with Crippen LogP contribution in [0.2, 0.25) is 0 Å². The summed E-state index contributed by atoms with van der Waals surface area (Å²) in [6.45, 7) is 2.66. The van der Waals surface area contributed by atoms with Gasteiger partial charge in [-0.3, -0.25) is 0 Å². The lowest BCUT2D eigenvalue weighted by molar-refractivity contribution is 0.515. The lowest BCUT2D eigenvalue weighted by Crippen LogP contribution is -2.02. The maximum atomic E-state index is 5.36. The lowest BCUT2D eigenvalue weighted by atomic mass is 10.3. The molecular weight excluding hydrogens is 242 g/mol. The van der Waals surface area contributed by atoms with Gasteiger partial charge in [-0.2, -0.15) is 5.10 Å². The summed E-state index contributed by atoms with van der Waals surface area (Å²) in [7, 11) is 0. The Labute approximate surface area is 110 Å². The molecule has 0 radical (unpaired) electrons. The molecule has 6 nitrogen and oxygen atoms in total. The van der Waals surface area contributed by atoms with Gasteiger partial charge in [0.1, 0.15) is 18.4 Å². The first-order chi connectivity index (χ1) is 9.33. The van der Waals surface area contributed by atoms with Crippen LogP contribution in [-0.2, 0) is 6.54 Å². The predicted octanol–water partition coefficient (Wildman–Crippen LogP) is 2.18. The molecule has 3 heterocycles. The second kappa shape index (κ2) is 4.93. The first-order valence-corrected chi connectivity index (χ1v) is 5.91. The molecule has 19 heavy (non-hydrogen) atoms. The van der Waals surface area contributed by atoms with Crippen molar-refractivity contribution in [2.24, 2.45) is 0 Å². The standard InChI is InChI=1S/C13H13N5O/c1-10-4-5-19-12(10)7-15-11-2-3-13(16-6-11)18-9-14-8-17-18/h2-6,8-9,15H,7H2,1H3. The molecule has 3 aromatic heterocycles. The van der Waals surface area contributed by atoms with E-state index >= 15 is 0 Å². The van der Waals surface area contributed by atoms with Crippen LogP contribution >= 0.6 is 0 Å². The van der Waals surface area contributed by atoms with Crippen molar-refractivity contribution >= 4 is 5.69 Å². The van der Waals surface area contributed by atoms with Gasteiger partial charge in [0.2, 0.25) is 0 Å². The normalized spacial score (nSPS) is 10.6. The van der Waals surface area contributed by atoms with E-state index in [1.54, 1.807) is 23.5 Å². The molecule has 1 N–H and O–H groups in total. The highest BCUT2D eigenvalue weighted by molar-refractivity contribution is 5.43. The molecule has 0 saturated heterocycles. The van der Waals surface area contributed by atoms with E-state index < -0.39 is 0 Å². The van der Waals surface area contributed by atoms with Gasteiger partial charge in [0.15, 0.2) is 5.82 Å². The summed E-state index contributed by atoms with van der Waals surface area (Å²) in [6, 6.07) is 5.78. The molecule has 0 saturated carbocycles. The van der Waals surface area contributed by atoms with Crippen molar-refractivity contribution in [3.05, 3.63) is 54.6 Å². The Kier molecular flexibility index (Phi) is 2.97. The molecule has 0 aromatic carbocycles. The van der Waals surface area contributed by atoms with Crippen molar-refractivity contribution in [2.45, 2.75) is 13.5 Å². The van der Waals surface area contributed by atoms with Gasteiger partial charge in [0, 0.05) is 0 Å². The number of pyridine rings is 1. The molecular formula is C13H13N5O. The number of hydrogen-bond donors (Lipinski definition) is 1. The summed E-state index contributed by atoms with van der Waals surface area (Å²) in [5, 5.41) is 7.28. The van der Waals surface area contributed by atoms with Gasteiger partial charge in [-0.1, -0.05) is 0 Å². The fourth-order valence-corrected chi connectivity index (χ4v) is 1.72. The molecule has 0 aliphatic carbocycles. The number of aryl methyl sites for hydroxylation is 1. The highest BCUT2D eigenvalue weighted by atomic mass is 16.3. The molecule has 6 heteroatoms. The van der Waals surface area contributed by atoms with Gasteiger partial charge in [0.25, 0.3) is 0 Å². The van der Waals surface area contributed by atoms with Crippen LogP contribution in [0.15, 0.2) is 47.7 Å². The number of nitrogens with zero attached hydrogens (tertiary/aromatic N) is 4. The molecule has 0 bridgehead atoms. The average Bonchev–Trinajstić information content (AvgIpc) is 3.09. The van der Waals surface area contributed by atoms with Crippen LogP contribution in [0.25, 0.3) is 5.82 Å². The third-order valence-electron chi connectivity index (χ3n) is 2.82.